The molecule has 1 aromatic heterocycles. The topological polar surface area (TPSA) is 12.0 Å². The minimum Gasteiger partial charge on any atom is -0.309 e. The van der Waals surface area contributed by atoms with Crippen LogP contribution in [0.5, 0.6) is 0 Å². The maximum atomic E-state index is 3.76. The highest BCUT2D eigenvalue weighted by Crippen LogP contribution is 2.49. The van der Waals surface area contributed by atoms with Crippen LogP contribution < -0.4 is 5.32 Å². The van der Waals surface area contributed by atoms with Gasteiger partial charge in [0.1, 0.15) is 0 Å². The van der Waals surface area contributed by atoms with Crippen molar-refractivity contribution in [2.24, 2.45) is 5.41 Å². The van der Waals surface area contributed by atoms with Crippen LogP contribution >= 0.6 is 11.3 Å². The van der Waals surface area contributed by atoms with E-state index in [0.29, 0.717) is 11.5 Å². The Kier molecular flexibility index (Phi) is 4.42. The summed E-state index contributed by atoms with van der Waals surface area (Å²) in [4.78, 5) is 3.04. The van der Waals surface area contributed by atoms with E-state index in [1.165, 1.54) is 35.4 Å². The predicted molar refractivity (Wildman–Crippen MR) is 86.0 cm³/mol. The lowest BCUT2D eigenvalue weighted by atomic mass is 9.80. The zero-order valence-electron chi connectivity index (χ0n) is 13.2. The van der Waals surface area contributed by atoms with Crippen LogP contribution in [0.25, 0.3) is 0 Å². The monoisotopic (exact) mass is 279 g/mol. The molecule has 0 radical (unpaired) electrons. The van der Waals surface area contributed by atoms with Crippen LogP contribution in [0.4, 0.5) is 0 Å². The van der Waals surface area contributed by atoms with E-state index < -0.39 is 0 Å². The van der Waals surface area contributed by atoms with Crippen molar-refractivity contribution in [2.75, 3.05) is 6.54 Å². The molecule has 0 bridgehead atoms. The van der Waals surface area contributed by atoms with Gasteiger partial charge in [0.15, 0.2) is 0 Å². The Balaban J connectivity index is 2.26. The Morgan fingerprint density at radius 3 is 2.37 bits per heavy atom. The van der Waals surface area contributed by atoms with Crippen LogP contribution in [0.15, 0.2) is 12.1 Å². The average molecular weight is 279 g/mol. The predicted octanol–water partition coefficient (Wildman–Crippen LogP) is 5.28. The van der Waals surface area contributed by atoms with Gasteiger partial charge in [-0.15, -0.1) is 11.3 Å². The zero-order valence-corrected chi connectivity index (χ0v) is 14.0. The van der Waals surface area contributed by atoms with E-state index in [2.05, 4.69) is 52.1 Å². The molecule has 1 aliphatic carbocycles. The molecule has 0 saturated heterocycles. The summed E-state index contributed by atoms with van der Waals surface area (Å²) in [6.45, 7) is 12.7. The van der Waals surface area contributed by atoms with Crippen molar-refractivity contribution in [3.63, 3.8) is 0 Å². The second-order valence-electron chi connectivity index (χ2n) is 7.30. The Labute approximate surface area is 122 Å². The van der Waals surface area contributed by atoms with Gasteiger partial charge < -0.3 is 5.32 Å². The van der Waals surface area contributed by atoms with Crippen LogP contribution in [0.3, 0.4) is 0 Å². The fraction of sp³-hybridized carbons (Fsp3) is 0.765. The van der Waals surface area contributed by atoms with Gasteiger partial charge in [0, 0.05) is 15.8 Å². The molecule has 1 heterocycles. The van der Waals surface area contributed by atoms with Gasteiger partial charge in [0.25, 0.3) is 0 Å². The molecule has 1 saturated carbocycles. The van der Waals surface area contributed by atoms with Gasteiger partial charge in [-0.05, 0) is 42.3 Å². The minimum absolute atomic E-state index is 0.274. The Morgan fingerprint density at radius 1 is 1.26 bits per heavy atom. The number of nitrogens with one attached hydrogen (secondary N) is 1. The number of rotatable bonds is 4. The highest BCUT2D eigenvalue weighted by molar-refractivity contribution is 7.12. The highest BCUT2D eigenvalue weighted by atomic mass is 32.1. The fourth-order valence-corrected chi connectivity index (χ4v) is 4.59. The van der Waals surface area contributed by atoms with Gasteiger partial charge >= 0.3 is 0 Å². The summed E-state index contributed by atoms with van der Waals surface area (Å²) in [5.74, 6) is 0. The third-order valence-corrected chi connectivity index (χ3v) is 6.08. The third-order valence-electron chi connectivity index (χ3n) is 4.50. The summed E-state index contributed by atoms with van der Waals surface area (Å²) < 4.78 is 0. The van der Waals surface area contributed by atoms with Crippen molar-refractivity contribution in [1.82, 2.24) is 5.32 Å². The lowest BCUT2D eigenvalue weighted by Crippen LogP contribution is -2.33. The van der Waals surface area contributed by atoms with Crippen LogP contribution in [0, 0.1) is 5.41 Å². The molecule has 0 amide bonds. The molecule has 19 heavy (non-hydrogen) atoms. The lowest BCUT2D eigenvalue weighted by Gasteiger charge is -2.34. The van der Waals surface area contributed by atoms with E-state index in [1.807, 2.05) is 11.3 Å². The van der Waals surface area contributed by atoms with Gasteiger partial charge in [-0.25, -0.2) is 0 Å². The zero-order chi connectivity index (χ0) is 14.1. The lowest BCUT2D eigenvalue weighted by molar-refractivity contribution is 0.229. The molecule has 1 nitrogen and oxygen atoms in total. The van der Waals surface area contributed by atoms with Crippen molar-refractivity contribution >= 4 is 11.3 Å². The first-order valence-electron chi connectivity index (χ1n) is 7.70. The summed E-state index contributed by atoms with van der Waals surface area (Å²) in [6, 6.07) is 5.24. The van der Waals surface area contributed by atoms with Gasteiger partial charge in [0.05, 0.1) is 0 Å². The van der Waals surface area contributed by atoms with E-state index in [-0.39, 0.29) is 5.41 Å². The van der Waals surface area contributed by atoms with E-state index in [0.717, 1.165) is 6.54 Å². The highest BCUT2D eigenvalue weighted by Gasteiger charge is 2.38. The quantitative estimate of drug-likeness (QED) is 0.791. The molecule has 1 aliphatic rings. The average Bonchev–Trinajstić information content (AvgIpc) is 2.94. The van der Waals surface area contributed by atoms with Crippen molar-refractivity contribution < 1.29 is 0 Å². The number of thiophene rings is 1. The molecule has 1 aromatic rings. The second kappa shape index (κ2) is 5.57. The molecule has 0 aromatic carbocycles. The largest absolute Gasteiger partial charge is 0.309 e. The molecule has 2 heteroatoms. The molecule has 1 N–H and O–H groups in total. The molecule has 1 atom stereocenters. The van der Waals surface area contributed by atoms with E-state index in [1.54, 1.807) is 0 Å². The van der Waals surface area contributed by atoms with Crippen LogP contribution in [-0.4, -0.2) is 6.54 Å². The van der Waals surface area contributed by atoms with Crippen LogP contribution in [0.1, 0.15) is 76.1 Å². The maximum Gasteiger partial charge on any atom is 0.0469 e. The van der Waals surface area contributed by atoms with E-state index in [9.17, 15) is 0 Å². The van der Waals surface area contributed by atoms with Crippen molar-refractivity contribution in [1.29, 1.82) is 0 Å². The standard InChI is InChI=1S/C17H29NS/c1-6-18-15(17(5)11-7-8-12-17)13-9-10-14(19-13)16(2,3)4/h9-10,15,18H,6-8,11-12H2,1-5H3. The Morgan fingerprint density at radius 2 is 1.89 bits per heavy atom. The molecule has 1 unspecified atom stereocenters. The molecule has 0 aliphatic heterocycles. The number of hydrogen-bond acceptors (Lipinski definition) is 2. The van der Waals surface area contributed by atoms with Gasteiger partial charge in [-0.2, -0.15) is 0 Å². The van der Waals surface area contributed by atoms with Gasteiger partial charge in [-0.3, -0.25) is 0 Å². The summed E-state index contributed by atoms with van der Waals surface area (Å²) in [7, 11) is 0. The SMILES string of the molecule is CCNC(c1ccc(C(C)(C)C)s1)C1(C)CCCC1. The maximum absolute atomic E-state index is 3.76. The first kappa shape index (κ1) is 15.1. The van der Waals surface area contributed by atoms with Crippen molar-refractivity contribution in [2.45, 2.75) is 71.8 Å². The molecule has 108 valence electrons. The van der Waals surface area contributed by atoms with Gasteiger partial charge in [0.2, 0.25) is 0 Å². The molecular weight excluding hydrogens is 250 g/mol. The van der Waals surface area contributed by atoms with Crippen LogP contribution in [-0.2, 0) is 5.41 Å². The Bertz CT molecular complexity index is 407. The van der Waals surface area contributed by atoms with Crippen molar-refractivity contribution in [3.8, 4) is 0 Å². The normalized spacial score (nSPS) is 20.7. The summed E-state index contributed by atoms with van der Waals surface area (Å²) in [5.41, 5.74) is 0.728. The summed E-state index contributed by atoms with van der Waals surface area (Å²) in [6.07, 6.45) is 5.53. The van der Waals surface area contributed by atoms with Crippen LogP contribution in [0.2, 0.25) is 0 Å². The molecule has 2 rings (SSSR count). The van der Waals surface area contributed by atoms with E-state index >= 15 is 0 Å². The third kappa shape index (κ3) is 3.22. The fourth-order valence-electron chi connectivity index (χ4n) is 3.28. The van der Waals surface area contributed by atoms with Gasteiger partial charge in [-0.1, -0.05) is 47.5 Å². The summed E-state index contributed by atoms with van der Waals surface area (Å²) >= 11 is 2.01. The molecule has 1 fully saturated rings. The molecular formula is C17H29NS. The first-order valence-corrected chi connectivity index (χ1v) is 8.52. The summed E-state index contributed by atoms with van der Waals surface area (Å²) in [5, 5.41) is 3.76. The number of hydrogen-bond donors (Lipinski definition) is 1. The first-order chi connectivity index (χ1) is 8.87. The second-order valence-corrected chi connectivity index (χ2v) is 8.42. The minimum atomic E-state index is 0.274. The van der Waals surface area contributed by atoms with Crippen molar-refractivity contribution in [3.05, 3.63) is 21.9 Å². The smallest absolute Gasteiger partial charge is 0.0469 e. The van der Waals surface area contributed by atoms with E-state index in [4.69, 9.17) is 0 Å². The molecule has 0 spiro atoms. The Hall–Kier alpha value is -0.340.